The number of carbonyl (C=O) groups excluding carboxylic acids is 1. The van der Waals surface area contributed by atoms with E-state index in [1.165, 1.54) is 0 Å². The third-order valence-corrected chi connectivity index (χ3v) is 4.27. The lowest BCUT2D eigenvalue weighted by molar-refractivity contribution is -0.120. The lowest BCUT2D eigenvalue weighted by atomic mass is 10.1. The van der Waals surface area contributed by atoms with Gasteiger partial charge in [-0.25, -0.2) is 0 Å². The summed E-state index contributed by atoms with van der Waals surface area (Å²) in [7, 11) is 1.60. The Morgan fingerprint density at radius 3 is 2.95 bits per heavy atom. The number of rotatable bonds is 5. The molecule has 0 saturated heterocycles. The van der Waals surface area contributed by atoms with Crippen molar-refractivity contribution < 1.29 is 14.6 Å². The lowest BCUT2D eigenvalue weighted by Gasteiger charge is -2.15. The van der Waals surface area contributed by atoms with Crippen LogP contribution in [0.2, 0.25) is 0 Å². The smallest absolute Gasteiger partial charge is 0.224 e. The maximum Gasteiger partial charge on any atom is 0.224 e. The van der Waals surface area contributed by atoms with Crippen LogP contribution >= 0.6 is 15.9 Å². The van der Waals surface area contributed by atoms with E-state index in [2.05, 4.69) is 21.2 Å². The number of hydrogen-bond donors (Lipinski definition) is 2. The third kappa shape index (κ3) is 3.96. The highest BCUT2D eigenvalue weighted by atomic mass is 79.9. The number of ether oxygens (including phenoxy) is 1. The molecule has 1 amide bonds. The fraction of sp³-hybridized carbons (Fsp3) is 0.533. The van der Waals surface area contributed by atoms with E-state index < -0.39 is 0 Å². The van der Waals surface area contributed by atoms with Gasteiger partial charge >= 0.3 is 0 Å². The molecular formula is C15H20BrNO3. The van der Waals surface area contributed by atoms with Crippen LogP contribution in [0.4, 0.5) is 0 Å². The minimum Gasteiger partial charge on any atom is -0.496 e. The van der Waals surface area contributed by atoms with Crippen molar-refractivity contribution in [3.63, 3.8) is 0 Å². The van der Waals surface area contributed by atoms with Crippen molar-refractivity contribution in [2.75, 3.05) is 13.7 Å². The van der Waals surface area contributed by atoms with Crippen molar-refractivity contribution in [3.8, 4) is 5.75 Å². The van der Waals surface area contributed by atoms with E-state index in [0.717, 1.165) is 29.3 Å². The van der Waals surface area contributed by atoms with Crippen LogP contribution in [-0.4, -0.2) is 30.8 Å². The first-order valence-electron chi connectivity index (χ1n) is 6.87. The maximum atomic E-state index is 12.0. The highest BCUT2D eigenvalue weighted by Gasteiger charge is 2.25. The number of aliphatic hydroxyl groups is 1. The lowest BCUT2D eigenvalue weighted by Crippen LogP contribution is -2.33. The standard InChI is InChI=1S/C15H20BrNO3/c1-20-14-6-5-12(16)7-11(14)8-15(19)17-9-10-3-2-4-13(10)18/h5-7,10,13,18H,2-4,8-9H2,1H3,(H,17,19). The molecule has 4 nitrogen and oxygen atoms in total. The number of amides is 1. The van der Waals surface area contributed by atoms with E-state index >= 15 is 0 Å². The van der Waals surface area contributed by atoms with E-state index in [4.69, 9.17) is 4.74 Å². The molecule has 1 fully saturated rings. The number of halogens is 1. The normalized spacial score (nSPS) is 21.8. The summed E-state index contributed by atoms with van der Waals surface area (Å²) in [5.41, 5.74) is 0.853. The van der Waals surface area contributed by atoms with Gasteiger partial charge in [0.05, 0.1) is 19.6 Å². The van der Waals surface area contributed by atoms with E-state index in [9.17, 15) is 9.90 Å². The zero-order valence-electron chi connectivity index (χ0n) is 11.6. The van der Waals surface area contributed by atoms with Gasteiger partial charge in [-0.2, -0.15) is 0 Å². The number of hydrogen-bond acceptors (Lipinski definition) is 3. The second kappa shape index (κ2) is 7.09. The summed E-state index contributed by atoms with van der Waals surface area (Å²) in [6.07, 6.45) is 2.89. The van der Waals surface area contributed by atoms with Crippen molar-refractivity contribution in [3.05, 3.63) is 28.2 Å². The van der Waals surface area contributed by atoms with Gasteiger partial charge in [0, 0.05) is 22.5 Å². The van der Waals surface area contributed by atoms with Crippen molar-refractivity contribution in [1.82, 2.24) is 5.32 Å². The Morgan fingerprint density at radius 1 is 1.50 bits per heavy atom. The van der Waals surface area contributed by atoms with Crippen LogP contribution < -0.4 is 10.1 Å². The molecule has 2 rings (SSSR count). The molecule has 0 spiro atoms. The molecule has 0 aromatic heterocycles. The van der Waals surface area contributed by atoms with Gasteiger partial charge in [0.15, 0.2) is 0 Å². The zero-order chi connectivity index (χ0) is 14.5. The molecule has 20 heavy (non-hydrogen) atoms. The molecule has 2 N–H and O–H groups in total. The second-order valence-corrected chi connectivity index (χ2v) is 6.11. The second-order valence-electron chi connectivity index (χ2n) is 5.20. The van der Waals surface area contributed by atoms with Gasteiger partial charge in [0.2, 0.25) is 5.91 Å². The molecule has 5 heteroatoms. The quantitative estimate of drug-likeness (QED) is 0.863. The molecule has 1 aromatic rings. The highest BCUT2D eigenvalue weighted by molar-refractivity contribution is 9.10. The van der Waals surface area contributed by atoms with E-state index in [1.54, 1.807) is 7.11 Å². The van der Waals surface area contributed by atoms with Crippen LogP contribution in [0.25, 0.3) is 0 Å². The van der Waals surface area contributed by atoms with Crippen LogP contribution in [0.15, 0.2) is 22.7 Å². The summed E-state index contributed by atoms with van der Waals surface area (Å²) in [5, 5.41) is 12.6. The summed E-state index contributed by atoms with van der Waals surface area (Å²) in [6.45, 7) is 0.552. The maximum absolute atomic E-state index is 12.0. The van der Waals surface area contributed by atoms with Crippen LogP contribution in [0.5, 0.6) is 5.75 Å². The largest absolute Gasteiger partial charge is 0.496 e. The average Bonchev–Trinajstić information content (AvgIpc) is 2.82. The van der Waals surface area contributed by atoms with Crippen LogP contribution in [0.1, 0.15) is 24.8 Å². The molecule has 0 aliphatic heterocycles. The molecule has 1 aliphatic rings. The van der Waals surface area contributed by atoms with Crippen molar-refractivity contribution in [2.45, 2.75) is 31.8 Å². The topological polar surface area (TPSA) is 58.6 Å². The van der Waals surface area contributed by atoms with E-state index in [1.807, 2.05) is 18.2 Å². The zero-order valence-corrected chi connectivity index (χ0v) is 13.1. The van der Waals surface area contributed by atoms with Gasteiger partial charge in [-0.15, -0.1) is 0 Å². The molecule has 1 aliphatic carbocycles. The minimum atomic E-state index is -0.268. The van der Waals surface area contributed by atoms with Gasteiger partial charge in [-0.05, 0) is 31.0 Å². The van der Waals surface area contributed by atoms with Crippen molar-refractivity contribution >= 4 is 21.8 Å². The summed E-state index contributed by atoms with van der Waals surface area (Å²) in [6, 6.07) is 5.62. The fourth-order valence-corrected chi connectivity index (χ4v) is 3.03. The Hall–Kier alpha value is -1.07. The molecule has 2 atom stereocenters. The molecule has 2 unspecified atom stereocenters. The van der Waals surface area contributed by atoms with Crippen molar-refractivity contribution in [2.24, 2.45) is 5.92 Å². The first-order valence-corrected chi connectivity index (χ1v) is 7.66. The number of benzene rings is 1. The molecule has 110 valence electrons. The molecule has 0 bridgehead atoms. The Morgan fingerprint density at radius 2 is 2.30 bits per heavy atom. The summed E-state index contributed by atoms with van der Waals surface area (Å²) < 4.78 is 6.18. The monoisotopic (exact) mass is 341 g/mol. The van der Waals surface area contributed by atoms with Gasteiger partial charge in [0.25, 0.3) is 0 Å². The van der Waals surface area contributed by atoms with Crippen molar-refractivity contribution in [1.29, 1.82) is 0 Å². The Bertz CT molecular complexity index is 478. The predicted molar refractivity (Wildman–Crippen MR) is 80.8 cm³/mol. The highest BCUT2D eigenvalue weighted by Crippen LogP contribution is 2.25. The van der Waals surface area contributed by atoms with Gasteiger partial charge in [-0.1, -0.05) is 22.4 Å². The first-order chi connectivity index (χ1) is 9.60. The molecule has 1 saturated carbocycles. The Balaban J connectivity index is 1.89. The molecule has 0 radical (unpaired) electrons. The SMILES string of the molecule is COc1ccc(Br)cc1CC(=O)NCC1CCCC1O. The number of carbonyl (C=O) groups is 1. The van der Waals surface area contributed by atoms with Crippen LogP contribution in [0, 0.1) is 5.92 Å². The van der Waals surface area contributed by atoms with Crippen LogP contribution in [0.3, 0.4) is 0 Å². The third-order valence-electron chi connectivity index (χ3n) is 3.77. The van der Waals surface area contributed by atoms with Crippen LogP contribution in [-0.2, 0) is 11.2 Å². The van der Waals surface area contributed by atoms with E-state index in [-0.39, 0.29) is 24.3 Å². The summed E-state index contributed by atoms with van der Waals surface area (Å²) in [4.78, 5) is 12.0. The fourth-order valence-electron chi connectivity index (χ4n) is 2.62. The Kier molecular flexibility index (Phi) is 5.43. The molecule has 1 aromatic carbocycles. The Labute approximate surface area is 127 Å². The van der Waals surface area contributed by atoms with Gasteiger partial charge in [-0.3, -0.25) is 4.79 Å². The number of nitrogens with one attached hydrogen (secondary N) is 1. The molecule has 0 heterocycles. The minimum absolute atomic E-state index is 0.0412. The number of methoxy groups -OCH3 is 1. The summed E-state index contributed by atoms with van der Waals surface area (Å²) >= 11 is 3.40. The summed E-state index contributed by atoms with van der Waals surface area (Å²) in [5.74, 6) is 0.869. The van der Waals surface area contributed by atoms with E-state index in [0.29, 0.717) is 12.3 Å². The molecular weight excluding hydrogens is 322 g/mol. The predicted octanol–water partition coefficient (Wildman–Crippen LogP) is 2.28. The number of aliphatic hydroxyl groups excluding tert-OH is 1. The average molecular weight is 342 g/mol. The van der Waals surface area contributed by atoms with Gasteiger partial charge < -0.3 is 15.2 Å². The van der Waals surface area contributed by atoms with Gasteiger partial charge in [0.1, 0.15) is 5.75 Å². The first kappa shape index (κ1) is 15.3.